The van der Waals surface area contributed by atoms with Gasteiger partial charge in [-0.1, -0.05) is 28.1 Å². The molecule has 0 aromatic heterocycles. The summed E-state index contributed by atoms with van der Waals surface area (Å²) in [5.74, 6) is 0. The molecule has 1 aromatic carbocycles. The van der Waals surface area contributed by atoms with Crippen molar-refractivity contribution in [2.24, 2.45) is 0 Å². The molecule has 1 saturated heterocycles. The number of aryl methyl sites for hydroxylation is 1. The van der Waals surface area contributed by atoms with Crippen LogP contribution < -0.4 is 5.32 Å². The fourth-order valence-electron chi connectivity index (χ4n) is 2.32. The van der Waals surface area contributed by atoms with E-state index in [1.165, 1.54) is 55.5 Å². The largest absolute Gasteiger partial charge is 0.315 e. The zero-order chi connectivity index (χ0) is 11.9. The van der Waals surface area contributed by atoms with Gasteiger partial charge in [0.1, 0.15) is 0 Å². The van der Waals surface area contributed by atoms with E-state index in [1.54, 1.807) is 0 Å². The topological polar surface area (TPSA) is 15.3 Å². The number of benzene rings is 1. The summed E-state index contributed by atoms with van der Waals surface area (Å²) >= 11 is 3.52. The van der Waals surface area contributed by atoms with Crippen molar-refractivity contribution in [2.45, 2.75) is 19.3 Å². The van der Waals surface area contributed by atoms with E-state index < -0.39 is 0 Å². The molecule has 3 heteroatoms. The van der Waals surface area contributed by atoms with Crippen LogP contribution in [0.4, 0.5) is 0 Å². The van der Waals surface area contributed by atoms with E-state index in [9.17, 15) is 0 Å². The van der Waals surface area contributed by atoms with Crippen LogP contribution in [-0.2, 0) is 6.42 Å². The number of halogens is 1. The van der Waals surface area contributed by atoms with E-state index in [0.29, 0.717) is 0 Å². The van der Waals surface area contributed by atoms with Gasteiger partial charge < -0.3 is 10.2 Å². The lowest BCUT2D eigenvalue weighted by Gasteiger charge is -2.19. The molecule has 17 heavy (non-hydrogen) atoms. The van der Waals surface area contributed by atoms with Gasteiger partial charge in [-0.2, -0.15) is 0 Å². The molecule has 1 aliphatic rings. The predicted molar refractivity (Wildman–Crippen MR) is 76.4 cm³/mol. The summed E-state index contributed by atoms with van der Waals surface area (Å²) in [6.45, 7) is 6.02. The number of nitrogens with zero attached hydrogens (tertiary/aromatic N) is 1. The molecule has 0 unspecified atom stereocenters. The van der Waals surface area contributed by atoms with E-state index in [-0.39, 0.29) is 0 Å². The first-order valence-electron chi connectivity index (χ1n) is 6.52. The SMILES string of the molecule is Brc1cccc(CCCN2CCCNCC2)c1. The number of rotatable bonds is 4. The molecular formula is C14H21BrN2. The number of hydrogen-bond donors (Lipinski definition) is 1. The van der Waals surface area contributed by atoms with E-state index in [1.807, 2.05) is 0 Å². The van der Waals surface area contributed by atoms with Gasteiger partial charge in [0.25, 0.3) is 0 Å². The summed E-state index contributed by atoms with van der Waals surface area (Å²) in [6.07, 6.45) is 3.73. The minimum absolute atomic E-state index is 1.15. The van der Waals surface area contributed by atoms with Gasteiger partial charge in [0, 0.05) is 17.6 Å². The lowest BCUT2D eigenvalue weighted by molar-refractivity contribution is 0.289. The van der Waals surface area contributed by atoms with Crippen molar-refractivity contribution >= 4 is 15.9 Å². The zero-order valence-electron chi connectivity index (χ0n) is 10.3. The molecular weight excluding hydrogens is 276 g/mol. The third-order valence-corrected chi connectivity index (χ3v) is 3.75. The Morgan fingerprint density at radius 3 is 3.06 bits per heavy atom. The summed E-state index contributed by atoms with van der Waals surface area (Å²) in [7, 11) is 0. The predicted octanol–water partition coefficient (Wildman–Crippen LogP) is 2.68. The summed E-state index contributed by atoms with van der Waals surface area (Å²) < 4.78 is 1.19. The van der Waals surface area contributed by atoms with Gasteiger partial charge in [-0.15, -0.1) is 0 Å². The molecule has 94 valence electrons. The second-order valence-corrected chi connectivity index (χ2v) is 5.59. The molecule has 1 N–H and O–H groups in total. The summed E-state index contributed by atoms with van der Waals surface area (Å²) in [6, 6.07) is 8.65. The molecule has 0 amide bonds. The van der Waals surface area contributed by atoms with Crippen LogP contribution in [0.1, 0.15) is 18.4 Å². The maximum Gasteiger partial charge on any atom is 0.0177 e. The van der Waals surface area contributed by atoms with Crippen molar-refractivity contribution in [1.29, 1.82) is 0 Å². The molecule has 0 aliphatic carbocycles. The lowest BCUT2D eigenvalue weighted by Crippen LogP contribution is -2.29. The molecule has 0 bridgehead atoms. The minimum Gasteiger partial charge on any atom is -0.315 e. The monoisotopic (exact) mass is 296 g/mol. The highest BCUT2D eigenvalue weighted by Gasteiger charge is 2.07. The van der Waals surface area contributed by atoms with Crippen LogP contribution in [0.15, 0.2) is 28.7 Å². The minimum atomic E-state index is 1.15. The Bertz CT molecular complexity index is 333. The maximum absolute atomic E-state index is 3.52. The lowest BCUT2D eigenvalue weighted by atomic mass is 10.1. The highest BCUT2D eigenvalue weighted by Crippen LogP contribution is 2.13. The van der Waals surface area contributed by atoms with Crippen LogP contribution >= 0.6 is 15.9 Å². The van der Waals surface area contributed by atoms with Crippen molar-refractivity contribution in [3.63, 3.8) is 0 Å². The van der Waals surface area contributed by atoms with Crippen molar-refractivity contribution in [2.75, 3.05) is 32.7 Å². The van der Waals surface area contributed by atoms with E-state index >= 15 is 0 Å². The van der Waals surface area contributed by atoms with E-state index in [2.05, 4.69) is 50.4 Å². The first kappa shape index (κ1) is 13.1. The van der Waals surface area contributed by atoms with Gasteiger partial charge in [0.05, 0.1) is 0 Å². The fraction of sp³-hybridized carbons (Fsp3) is 0.571. The van der Waals surface area contributed by atoms with Gasteiger partial charge in [0.15, 0.2) is 0 Å². The Morgan fingerprint density at radius 1 is 1.24 bits per heavy atom. The molecule has 0 saturated carbocycles. The molecule has 2 nitrogen and oxygen atoms in total. The van der Waals surface area contributed by atoms with Crippen LogP contribution in [-0.4, -0.2) is 37.6 Å². The second kappa shape index (κ2) is 7.14. The summed E-state index contributed by atoms with van der Waals surface area (Å²) in [5.41, 5.74) is 1.44. The summed E-state index contributed by atoms with van der Waals surface area (Å²) in [5, 5.41) is 3.44. The molecule has 1 aliphatic heterocycles. The second-order valence-electron chi connectivity index (χ2n) is 4.68. The van der Waals surface area contributed by atoms with E-state index in [0.717, 1.165) is 6.54 Å². The van der Waals surface area contributed by atoms with Gasteiger partial charge in [0.2, 0.25) is 0 Å². The molecule has 0 radical (unpaired) electrons. The Hall–Kier alpha value is -0.380. The van der Waals surface area contributed by atoms with Crippen LogP contribution in [0, 0.1) is 0 Å². The number of nitrogens with one attached hydrogen (secondary N) is 1. The first-order chi connectivity index (χ1) is 8.34. The van der Waals surface area contributed by atoms with Gasteiger partial charge in [-0.05, 0) is 56.6 Å². The highest BCUT2D eigenvalue weighted by atomic mass is 79.9. The zero-order valence-corrected chi connectivity index (χ0v) is 11.9. The third kappa shape index (κ3) is 4.78. The molecule has 1 heterocycles. The Balaban J connectivity index is 1.71. The summed E-state index contributed by atoms with van der Waals surface area (Å²) in [4.78, 5) is 2.58. The Kier molecular flexibility index (Phi) is 5.49. The smallest absolute Gasteiger partial charge is 0.0177 e. The molecule has 1 fully saturated rings. The van der Waals surface area contributed by atoms with Crippen molar-refractivity contribution in [3.05, 3.63) is 34.3 Å². The molecule has 0 spiro atoms. The highest BCUT2D eigenvalue weighted by molar-refractivity contribution is 9.10. The van der Waals surface area contributed by atoms with Crippen LogP contribution in [0.5, 0.6) is 0 Å². The van der Waals surface area contributed by atoms with Crippen molar-refractivity contribution in [1.82, 2.24) is 10.2 Å². The third-order valence-electron chi connectivity index (χ3n) is 3.26. The number of hydrogen-bond acceptors (Lipinski definition) is 2. The van der Waals surface area contributed by atoms with Crippen LogP contribution in [0.3, 0.4) is 0 Å². The Morgan fingerprint density at radius 2 is 2.18 bits per heavy atom. The van der Waals surface area contributed by atoms with Gasteiger partial charge in [-0.3, -0.25) is 0 Å². The van der Waals surface area contributed by atoms with Crippen molar-refractivity contribution < 1.29 is 0 Å². The van der Waals surface area contributed by atoms with Crippen LogP contribution in [0.2, 0.25) is 0 Å². The Labute approximate surface area is 113 Å². The maximum atomic E-state index is 3.52. The van der Waals surface area contributed by atoms with Crippen molar-refractivity contribution in [3.8, 4) is 0 Å². The molecule has 0 atom stereocenters. The van der Waals surface area contributed by atoms with E-state index in [4.69, 9.17) is 0 Å². The standard InChI is InChI=1S/C14H21BrN2/c15-14-6-1-4-13(12-14)5-2-9-17-10-3-7-16-8-11-17/h1,4,6,12,16H,2-3,5,7-11H2. The van der Waals surface area contributed by atoms with Gasteiger partial charge >= 0.3 is 0 Å². The fourth-order valence-corrected chi connectivity index (χ4v) is 2.77. The van der Waals surface area contributed by atoms with Gasteiger partial charge in [-0.25, -0.2) is 0 Å². The molecule has 2 rings (SSSR count). The average molecular weight is 297 g/mol. The first-order valence-corrected chi connectivity index (χ1v) is 7.31. The quantitative estimate of drug-likeness (QED) is 0.919. The average Bonchev–Trinajstić information content (AvgIpc) is 2.58. The molecule has 1 aromatic rings. The normalized spacial score (nSPS) is 17.9. The van der Waals surface area contributed by atoms with Crippen LogP contribution in [0.25, 0.3) is 0 Å².